The molecule has 0 spiro atoms. The molecule has 0 saturated carbocycles. The predicted molar refractivity (Wildman–Crippen MR) is 77.5 cm³/mol. The number of ether oxygens (including phenoxy) is 1. The van der Waals surface area contributed by atoms with Gasteiger partial charge in [0.2, 0.25) is 0 Å². The number of anilines is 2. The monoisotopic (exact) mass is 255 g/mol. The van der Waals surface area contributed by atoms with Crippen LogP contribution in [0.4, 0.5) is 11.4 Å². The molecule has 0 aliphatic heterocycles. The standard InChI is InChI=1S/C16H17NO2/c1-12(18)15-9-4-5-10-16(15)17(2)13-7-6-8-14(11-13)19-3/h4-11H,1-3H3. The van der Waals surface area contributed by atoms with Gasteiger partial charge in [-0.3, -0.25) is 4.79 Å². The van der Waals surface area contributed by atoms with Crippen molar-refractivity contribution in [2.24, 2.45) is 0 Å². The normalized spacial score (nSPS) is 10.1. The van der Waals surface area contributed by atoms with Crippen LogP contribution in [-0.4, -0.2) is 19.9 Å². The highest BCUT2D eigenvalue weighted by Crippen LogP contribution is 2.29. The zero-order valence-corrected chi connectivity index (χ0v) is 11.4. The number of Topliss-reactive ketones (excluding diaryl/α,β-unsaturated/α-hetero) is 1. The topological polar surface area (TPSA) is 29.5 Å². The van der Waals surface area contributed by atoms with E-state index in [1.807, 2.05) is 60.5 Å². The third-order valence-electron chi connectivity index (χ3n) is 3.09. The van der Waals surface area contributed by atoms with E-state index in [9.17, 15) is 4.79 Å². The Balaban J connectivity index is 2.43. The van der Waals surface area contributed by atoms with Gasteiger partial charge in [0, 0.05) is 24.4 Å². The first kappa shape index (κ1) is 13.1. The first-order valence-electron chi connectivity index (χ1n) is 6.11. The van der Waals surface area contributed by atoms with E-state index < -0.39 is 0 Å². The molecule has 98 valence electrons. The van der Waals surface area contributed by atoms with Gasteiger partial charge in [0.1, 0.15) is 5.75 Å². The second-order valence-electron chi connectivity index (χ2n) is 4.33. The molecule has 2 rings (SSSR count). The van der Waals surface area contributed by atoms with Crippen molar-refractivity contribution in [2.45, 2.75) is 6.92 Å². The molecule has 0 atom stereocenters. The number of nitrogens with zero attached hydrogens (tertiary/aromatic N) is 1. The summed E-state index contributed by atoms with van der Waals surface area (Å²) in [6, 6.07) is 15.3. The molecule has 0 bridgehead atoms. The number of hydrogen-bond acceptors (Lipinski definition) is 3. The van der Waals surface area contributed by atoms with Crippen molar-refractivity contribution in [1.82, 2.24) is 0 Å². The highest BCUT2D eigenvalue weighted by atomic mass is 16.5. The van der Waals surface area contributed by atoms with Gasteiger partial charge in [-0.1, -0.05) is 18.2 Å². The summed E-state index contributed by atoms with van der Waals surface area (Å²) in [4.78, 5) is 13.7. The molecule has 0 unspecified atom stereocenters. The third-order valence-corrected chi connectivity index (χ3v) is 3.09. The predicted octanol–water partition coefficient (Wildman–Crippen LogP) is 3.67. The van der Waals surface area contributed by atoms with E-state index in [1.165, 1.54) is 0 Å². The van der Waals surface area contributed by atoms with E-state index in [0.29, 0.717) is 5.56 Å². The van der Waals surface area contributed by atoms with Crippen molar-refractivity contribution in [3.05, 3.63) is 54.1 Å². The Bertz CT molecular complexity index is 593. The Morgan fingerprint density at radius 1 is 1.11 bits per heavy atom. The number of hydrogen-bond donors (Lipinski definition) is 0. The number of carbonyl (C=O) groups excluding carboxylic acids is 1. The number of benzene rings is 2. The van der Waals surface area contributed by atoms with Gasteiger partial charge in [0.25, 0.3) is 0 Å². The number of rotatable bonds is 4. The van der Waals surface area contributed by atoms with E-state index in [0.717, 1.165) is 17.1 Å². The maximum atomic E-state index is 11.7. The Hall–Kier alpha value is -2.29. The fraction of sp³-hybridized carbons (Fsp3) is 0.188. The van der Waals surface area contributed by atoms with Crippen LogP contribution in [0.15, 0.2) is 48.5 Å². The lowest BCUT2D eigenvalue weighted by Crippen LogP contribution is -2.13. The molecular formula is C16H17NO2. The van der Waals surface area contributed by atoms with Crippen LogP contribution in [-0.2, 0) is 0 Å². The summed E-state index contributed by atoms with van der Waals surface area (Å²) in [5, 5.41) is 0. The van der Waals surface area contributed by atoms with E-state index in [2.05, 4.69) is 0 Å². The molecule has 2 aromatic carbocycles. The number of para-hydroxylation sites is 1. The average molecular weight is 255 g/mol. The zero-order valence-electron chi connectivity index (χ0n) is 11.4. The Morgan fingerprint density at radius 2 is 1.84 bits per heavy atom. The molecule has 0 aliphatic rings. The molecule has 2 aromatic rings. The van der Waals surface area contributed by atoms with Gasteiger partial charge in [0.05, 0.1) is 12.8 Å². The fourth-order valence-electron chi connectivity index (χ4n) is 2.02. The smallest absolute Gasteiger partial charge is 0.161 e. The van der Waals surface area contributed by atoms with Gasteiger partial charge in [-0.05, 0) is 31.2 Å². The largest absolute Gasteiger partial charge is 0.497 e. The maximum Gasteiger partial charge on any atom is 0.161 e. The van der Waals surface area contributed by atoms with Crippen LogP contribution in [0.3, 0.4) is 0 Å². The first-order valence-corrected chi connectivity index (χ1v) is 6.11. The number of methoxy groups -OCH3 is 1. The molecule has 0 amide bonds. The SMILES string of the molecule is COc1cccc(N(C)c2ccccc2C(C)=O)c1. The molecule has 0 aromatic heterocycles. The number of ketones is 1. The summed E-state index contributed by atoms with van der Waals surface area (Å²) in [5.41, 5.74) is 2.59. The summed E-state index contributed by atoms with van der Waals surface area (Å²) in [7, 11) is 3.58. The molecule has 0 heterocycles. The zero-order chi connectivity index (χ0) is 13.8. The van der Waals surface area contributed by atoms with Crippen LogP contribution >= 0.6 is 0 Å². The summed E-state index contributed by atoms with van der Waals surface area (Å²) >= 11 is 0. The molecule has 0 radical (unpaired) electrons. The summed E-state index contributed by atoms with van der Waals surface area (Å²) < 4.78 is 5.22. The minimum atomic E-state index is 0.0605. The molecule has 0 saturated heterocycles. The molecule has 0 aliphatic carbocycles. The average Bonchev–Trinajstić information content (AvgIpc) is 2.46. The van der Waals surface area contributed by atoms with Crippen molar-refractivity contribution < 1.29 is 9.53 Å². The van der Waals surface area contributed by atoms with Crippen molar-refractivity contribution in [3.8, 4) is 5.75 Å². The van der Waals surface area contributed by atoms with Crippen LogP contribution in [0.2, 0.25) is 0 Å². The Morgan fingerprint density at radius 3 is 2.53 bits per heavy atom. The third kappa shape index (κ3) is 2.76. The lowest BCUT2D eigenvalue weighted by atomic mass is 10.1. The first-order chi connectivity index (χ1) is 9.13. The molecule has 19 heavy (non-hydrogen) atoms. The van der Waals surface area contributed by atoms with Crippen molar-refractivity contribution in [2.75, 3.05) is 19.1 Å². The highest BCUT2D eigenvalue weighted by Gasteiger charge is 2.12. The van der Waals surface area contributed by atoms with Crippen LogP contribution < -0.4 is 9.64 Å². The molecular weight excluding hydrogens is 238 g/mol. The molecule has 0 N–H and O–H groups in total. The van der Waals surface area contributed by atoms with Gasteiger partial charge in [-0.2, -0.15) is 0 Å². The van der Waals surface area contributed by atoms with Gasteiger partial charge in [-0.25, -0.2) is 0 Å². The van der Waals surface area contributed by atoms with E-state index in [1.54, 1.807) is 14.0 Å². The van der Waals surface area contributed by atoms with Crippen LogP contribution in [0.25, 0.3) is 0 Å². The van der Waals surface area contributed by atoms with Gasteiger partial charge < -0.3 is 9.64 Å². The van der Waals surface area contributed by atoms with E-state index in [-0.39, 0.29) is 5.78 Å². The maximum absolute atomic E-state index is 11.7. The fourth-order valence-corrected chi connectivity index (χ4v) is 2.02. The summed E-state index contributed by atoms with van der Waals surface area (Å²) in [6.07, 6.45) is 0. The van der Waals surface area contributed by atoms with Crippen LogP contribution in [0.1, 0.15) is 17.3 Å². The van der Waals surface area contributed by atoms with Crippen molar-refractivity contribution in [3.63, 3.8) is 0 Å². The van der Waals surface area contributed by atoms with E-state index >= 15 is 0 Å². The lowest BCUT2D eigenvalue weighted by Gasteiger charge is -2.22. The Kier molecular flexibility index (Phi) is 3.85. The molecule has 0 fully saturated rings. The lowest BCUT2D eigenvalue weighted by molar-refractivity contribution is 0.101. The second-order valence-corrected chi connectivity index (χ2v) is 4.33. The van der Waals surface area contributed by atoms with Crippen molar-refractivity contribution >= 4 is 17.2 Å². The Labute approximate surface area is 113 Å². The summed E-state index contributed by atoms with van der Waals surface area (Å²) in [5.74, 6) is 0.856. The van der Waals surface area contributed by atoms with Gasteiger partial charge in [-0.15, -0.1) is 0 Å². The second kappa shape index (κ2) is 5.57. The highest BCUT2D eigenvalue weighted by molar-refractivity contribution is 6.00. The minimum Gasteiger partial charge on any atom is -0.497 e. The van der Waals surface area contributed by atoms with Gasteiger partial charge in [0.15, 0.2) is 5.78 Å². The minimum absolute atomic E-state index is 0.0605. The molecule has 3 nitrogen and oxygen atoms in total. The number of carbonyl (C=O) groups is 1. The van der Waals surface area contributed by atoms with Crippen LogP contribution in [0.5, 0.6) is 5.75 Å². The summed E-state index contributed by atoms with van der Waals surface area (Å²) in [6.45, 7) is 1.58. The van der Waals surface area contributed by atoms with Crippen LogP contribution in [0, 0.1) is 0 Å². The van der Waals surface area contributed by atoms with Crippen molar-refractivity contribution in [1.29, 1.82) is 0 Å². The quantitative estimate of drug-likeness (QED) is 0.781. The van der Waals surface area contributed by atoms with E-state index in [4.69, 9.17) is 4.74 Å². The van der Waals surface area contributed by atoms with Gasteiger partial charge >= 0.3 is 0 Å². The molecule has 3 heteroatoms.